The zero-order valence-electron chi connectivity index (χ0n) is 11.2. The number of hydrogen-bond donors (Lipinski definition) is 1. The molecule has 0 aromatic heterocycles. The minimum absolute atomic E-state index is 0.0833. The third-order valence-corrected chi connectivity index (χ3v) is 6.54. The topological polar surface area (TPSA) is 55.4 Å². The van der Waals surface area contributed by atoms with Crippen LogP contribution in [0.15, 0.2) is 18.2 Å². The van der Waals surface area contributed by atoms with E-state index in [0.29, 0.717) is 6.42 Å². The monoisotopic (exact) mass is 281 g/mol. The molecule has 0 amide bonds. The maximum absolute atomic E-state index is 12.4. The fourth-order valence-electron chi connectivity index (χ4n) is 3.19. The van der Waals surface area contributed by atoms with Gasteiger partial charge in [-0.25, -0.2) is 8.42 Å². The Morgan fingerprint density at radius 1 is 1.37 bits per heavy atom. The van der Waals surface area contributed by atoms with Gasteiger partial charge in [0.25, 0.3) is 0 Å². The fraction of sp³-hybridized carbons (Fsp3) is 0.571. The molecular formula is C14H19NO3S. The Hall–Kier alpha value is -1.07. The summed E-state index contributed by atoms with van der Waals surface area (Å²) in [5, 5.41) is 3.10. The van der Waals surface area contributed by atoms with Gasteiger partial charge >= 0.3 is 0 Å². The van der Waals surface area contributed by atoms with Crippen molar-refractivity contribution in [2.24, 2.45) is 5.92 Å². The third-order valence-electron chi connectivity index (χ3n) is 4.15. The normalized spacial score (nSPS) is 32.2. The Bertz CT molecular complexity index is 597. The Morgan fingerprint density at radius 3 is 2.89 bits per heavy atom. The van der Waals surface area contributed by atoms with Crippen molar-refractivity contribution in [1.82, 2.24) is 5.32 Å². The minimum Gasteiger partial charge on any atom is -0.497 e. The maximum Gasteiger partial charge on any atom is 0.155 e. The summed E-state index contributed by atoms with van der Waals surface area (Å²) in [7, 11) is -1.40. The highest BCUT2D eigenvalue weighted by molar-refractivity contribution is 7.92. The highest BCUT2D eigenvalue weighted by atomic mass is 32.2. The van der Waals surface area contributed by atoms with Crippen LogP contribution in [0.25, 0.3) is 0 Å². The first kappa shape index (κ1) is 12.9. The Kier molecular flexibility index (Phi) is 3.06. The molecule has 0 radical (unpaired) electrons. The van der Waals surface area contributed by atoms with Crippen LogP contribution in [0, 0.1) is 5.92 Å². The van der Waals surface area contributed by atoms with E-state index in [1.54, 1.807) is 7.11 Å². The molecule has 0 saturated carbocycles. The van der Waals surface area contributed by atoms with Crippen LogP contribution >= 0.6 is 0 Å². The Balaban J connectivity index is 2.04. The summed E-state index contributed by atoms with van der Waals surface area (Å²) in [6, 6.07) is 5.78. The summed E-state index contributed by atoms with van der Waals surface area (Å²) in [6.45, 7) is 2.73. The molecule has 4 nitrogen and oxygen atoms in total. The van der Waals surface area contributed by atoms with Crippen molar-refractivity contribution in [1.29, 1.82) is 0 Å². The molecule has 1 aliphatic carbocycles. The quantitative estimate of drug-likeness (QED) is 0.843. The number of benzene rings is 1. The van der Waals surface area contributed by atoms with Gasteiger partial charge in [-0.05, 0) is 42.1 Å². The summed E-state index contributed by atoms with van der Waals surface area (Å²) < 4.78 is 30.1. The summed E-state index contributed by atoms with van der Waals surface area (Å²) in [5.41, 5.74) is 2.21. The van der Waals surface area contributed by atoms with Crippen LogP contribution < -0.4 is 10.1 Å². The van der Waals surface area contributed by atoms with Crippen molar-refractivity contribution in [3.63, 3.8) is 0 Å². The van der Waals surface area contributed by atoms with Gasteiger partial charge in [-0.3, -0.25) is 0 Å². The zero-order valence-corrected chi connectivity index (χ0v) is 12.0. The van der Waals surface area contributed by atoms with Crippen LogP contribution in [0.4, 0.5) is 0 Å². The number of sulfone groups is 1. The van der Waals surface area contributed by atoms with Gasteiger partial charge in [-0.1, -0.05) is 13.0 Å². The van der Waals surface area contributed by atoms with Crippen LogP contribution in [-0.4, -0.2) is 33.1 Å². The zero-order chi connectivity index (χ0) is 13.6. The Morgan fingerprint density at radius 2 is 2.16 bits per heavy atom. The van der Waals surface area contributed by atoms with Crippen LogP contribution in [0.5, 0.6) is 5.75 Å². The van der Waals surface area contributed by atoms with E-state index in [1.165, 1.54) is 0 Å². The van der Waals surface area contributed by atoms with Gasteiger partial charge in [0.2, 0.25) is 0 Å². The van der Waals surface area contributed by atoms with Crippen molar-refractivity contribution < 1.29 is 13.2 Å². The second-order valence-electron chi connectivity index (χ2n) is 5.63. The van der Waals surface area contributed by atoms with E-state index in [4.69, 9.17) is 4.74 Å². The number of fused-ring (bicyclic) bond motifs is 3. The highest BCUT2D eigenvalue weighted by Crippen LogP contribution is 2.39. The molecule has 0 bridgehead atoms. The number of rotatable bonds is 1. The molecule has 1 saturated heterocycles. The van der Waals surface area contributed by atoms with Crippen molar-refractivity contribution in [3.05, 3.63) is 29.3 Å². The first-order valence-electron chi connectivity index (χ1n) is 6.63. The summed E-state index contributed by atoms with van der Waals surface area (Å²) >= 11 is 0. The fourth-order valence-corrected chi connectivity index (χ4v) is 5.44. The molecule has 1 N–H and O–H groups in total. The van der Waals surface area contributed by atoms with E-state index in [9.17, 15) is 8.42 Å². The van der Waals surface area contributed by atoms with Crippen molar-refractivity contribution >= 4 is 9.84 Å². The van der Waals surface area contributed by atoms with Crippen molar-refractivity contribution in [2.45, 2.75) is 24.6 Å². The average Bonchev–Trinajstić information content (AvgIpc) is 2.69. The lowest BCUT2D eigenvalue weighted by Gasteiger charge is -2.18. The first-order chi connectivity index (χ1) is 9.01. The van der Waals surface area contributed by atoms with Crippen LogP contribution in [0.3, 0.4) is 0 Å². The molecule has 19 heavy (non-hydrogen) atoms. The number of ether oxygens (including phenoxy) is 1. The predicted molar refractivity (Wildman–Crippen MR) is 74.2 cm³/mol. The summed E-state index contributed by atoms with van der Waals surface area (Å²) in [4.78, 5) is 0. The lowest BCUT2D eigenvalue weighted by molar-refractivity contribution is 0.413. The van der Waals surface area contributed by atoms with E-state index in [1.807, 2.05) is 25.1 Å². The summed E-state index contributed by atoms with van der Waals surface area (Å²) in [5.74, 6) is 1.24. The molecule has 3 atom stereocenters. The SMILES string of the molecule is COc1ccc2c(c1)C1NCC(C)CS(=O)(=O)C1C2. The van der Waals surface area contributed by atoms with Crippen molar-refractivity contribution in [2.75, 3.05) is 19.4 Å². The predicted octanol–water partition coefficient (Wildman–Crippen LogP) is 1.32. The largest absolute Gasteiger partial charge is 0.497 e. The maximum atomic E-state index is 12.4. The average molecular weight is 281 g/mol. The smallest absolute Gasteiger partial charge is 0.155 e. The molecule has 1 heterocycles. The number of nitrogens with one attached hydrogen (secondary N) is 1. The molecule has 0 spiro atoms. The molecule has 3 rings (SSSR count). The molecule has 1 fully saturated rings. The molecule has 1 aromatic rings. The molecule has 3 unspecified atom stereocenters. The van der Waals surface area contributed by atoms with Gasteiger partial charge in [-0.15, -0.1) is 0 Å². The van der Waals surface area contributed by atoms with Crippen LogP contribution in [-0.2, 0) is 16.3 Å². The van der Waals surface area contributed by atoms with E-state index < -0.39 is 9.84 Å². The van der Waals surface area contributed by atoms with E-state index in [2.05, 4.69) is 5.32 Å². The second-order valence-corrected chi connectivity index (χ2v) is 7.89. The second kappa shape index (κ2) is 4.49. The molecule has 1 aromatic carbocycles. The van der Waals surface area contributed by atoms with Crippen molar-refractivity contribution in [3.8, 4) is 5.75 Å². The Labute approximate surface area is 114 Å². The molecule has 104 valence electrons. The van der Waals surface area contributed by atoms with Crippen LogP contribution in [0.1, 0.15) is 24.1 Å². The van der Waals surface area contributed by atoms with E-state index in [0.717, 1.165) is 23.4 Å². The molecule has 5 heteroatoms. The third kappa shape index (κ3) is 2.15. The molecule has 2 aliphatic rings. The highest BCUT2D eigenvalue weighted by Gasteiger charge is 2.43. The van der Waals surface area contributed by atoms with Gasteiger partial charge in [0.15, 0.2) is 9.84 Å². The van der Waals surface area contributed by atoms with Gasteiger partial charge in [0.1, 0.15) is 5.75 Å². The first-order valence-corrected chi connectivity index (χ1v) is 8.34. The molecule has 1 aliphatic heterocycles. The lowest BCUT2D eigenvalue weighted by Crippen LogP contribution is -2.32. The van der Waals surface area contributed by atoms with Crippen LogP contribution in [0.2, 0.25) is 0 Å². The van der Waals surface area contributed by atoms with Gasteiger partial charge in [0, 0.05) is 6.04 Å². The van der Waals surface area contributed by atoms with Gasteiger partial charge in [0.05, 0.1) is 18.1 Å². The van der Waals surface area contributed by atoms with Gasteiger partial charge in [-0.2, -0.15) is 0 Å². The van der Waals surface area contributed by atoms with Gasteiger partial charge < -0.3 is 10.1 Å². The van der Waals surface area contributed by atoms with E-state index >= 15 is 0 Å². The lowest BCUT2D eigenvalue weighted by atomic mass is 10.1. The minimum atomic E-state index is -3.04. The number of hydrogen-bond acceptors (Lipinski definition) is 4. The summed E-state index contributed by atoms with van der Waals surface area (Å²) in [6.07, 6.45) is 0.617. The van der Waals surface area contributed by atoms with E-state index in [-0.39, 0.29) is 23.0 Å². The number of methoxy groups -OCH3 is 1. The standard InChI is InChI=1S/C14H19NO3S/c1-9-7-15-14-12-6-11(18-2)4-3-10(12)5-13(14)19(16,17)8-9/h3-4,6,9,13-15H,5,7-8H2,1-2H3. The molecular weight excluding hydrogens is 262 g/mol.